The quantitative estimate of drug-likeness (QED) is 0.207. The molecule has 1 aromatic rings. The Morgan fingerprint density at radius 3 is 2.62 bits per heavy atom. The molecule has 1 aliphatic rings. The number of hydrogen-bond donors (Lipinski definition) is 1. The number of halogens is 1. The molecule has 2 rings (SSSR count). The van der Waals surface area contributed by atoms with Crippen molar-refractivity contribution in [3.05, 3.63) is 23.9 Å². The summed E-state index contributed by atoms with van der Waals surface area (Å²) in [6.45, 7) is 4.99. The minimum atomic E-state index is 0. The van der Waals surface area contributed by atoms with Crippen molar-refractivity contribution in [3.8, 4) is 5.88 Å². The molecule has 29 heavy (non-hydrogen) atoms. The second kappa shape index (κ2) is 15.6. The highest BCUT2D eigenvalue weighted by atomic mass is 127. The van der Waals surface area contributed by atoms with E-state index in [4.69, 9.17) is 18.9 Å². The molecule has 0 atom stereocenters. The van der Waals surface area contributed by atoms with Gasteiger partial charge in [-0.05, 0) is 25.3 Å². The summed E-state index contributed by atoms with van der Waals surface area (Å²) in [6, 6.07) is 3.92. The highest BCUT2D eigenvalue weighted by molar-refractivity contribution is 14.0. The number of rotatable bonds is 11. The number of nitrogens with one attached hydrogen (secondary N) is 1. The first-order chi connectivity index (χ1) is 13.8. The van der Waals surface area contributed by atoms with Gasteiger partial charge in [-0.2, -0.15) is 0 Å². The first kappa shape index (κ1) is 25.9. The van der Waals surface area contributed by atoms with E-state index >= 15 is 0 Å². The lowest BCUT2D eigenvalue weighted by Gasteiger charge is -2.34. The maximum Gasteiger partial charge on any atom is 0.218 e. The normalized spacial score (nSPS) is 15.1. The number of nitrogens with zero attached hydrogens (tertiary/aromatic N) is 3. The molecule has 0 unspecified atom stereocenters. The van der Waals surface area contributed by atoms with Crippen LogP contribution in [0.5, 0.6) is 5.88 Å². The van der Waals surface area contributed by atoms with E-state index in [2.05, 4.69) is 20.2 Å². The molecule has 0 radical (unpaired) electrons. The summed E-state index contributed by atoms with van der Waals surface area (Å²) in [7, 11) is 5.19. The fraction of sp³-hybridized carbons (Fsp3) is 0.700. The summed E-state index contributed by atoms with van der Waals surface area (Å²) in [5.41, 5.74) is 0.996. The lowest BCUT2D eigenvalue weighted by molar-refractivity contribution is 0.00989. The van der Waals surface area contributed by atoms with Crippen LogP contribution in [0.1, 0.15) is 24.8 Å². The van der Waals surface area contributed by atoms with Gasteiger partial charge in [0.25, 0.3) is 0 Å². The number of likely N-dealkylation sites (tertiary alicyclic amines) is 1. The van der Waals surface area contributed by atoms with Gasteiger partial charge in [0.15, 0.2) is 5.96 Å². The van der Waals surface area contributed by atoms with Crippen LogP contribution < -0.4 is 10.1 Å². The number of aliphatic imine (C=N–C) groups is 1. The van der Waals surface area contributed by atoms with Gasteiger partial charge in [0.05, 0.1) is 12.7 Å². The zero-order chi connectivity index (χ0) is 20.0. The summed E-state index contributed by atoms with van der Waals surface area (Å²) < 4.78 is 21.7. The summed E-state index contributed by atoms with van der Waals surface area (Å²) in [6.07, 6.45) is 5.01. The van der Waals surface area contributed by atoms with Gasteiger partial charge in [-0.15, -0.1) is 24.0 Å². The van der Waals surface area contributed by atoms with Crippen LogP contribution in [0.3, 0.4) is 0 Å². The second-order valence-corrected chi connectivity index (χ2v) is 6.61. The lowest BCUT2D eigenvalue weighted by Crippen LogP contribution is -2.46. The number of hydrogen-bond acceptors (Lipinski definition) is 6. The average molecular weight is 522 g/mol. The molecule has 2 heterocycles. The third-order valence-corrected chi connectivity index (χ3v) is 4.61. The van der Waals surface area contributed by atoms with Crippen LogP contribution in [0, 0.1) is 0 Å². The Morgan fingerprint density at radius 1 is 1.17 bits per heavy atom. The molecule has 0 aromatic carbocycles. The van der Waals surface area contributed by atoms with Gasteiger partial charge in [0, 0.05) is 65.9 Å². The first-order valence-electron chi connectivity index (χ1n) is 9.90. The van der Waals surface area contributed by atoms with Gasteiger partial charge in [-0.3, -0.25) is 4.99 Å². The molecule has 0 spiro atoms. The molecule has 8 nitrogen and oxygen atoms in total. The van der Waals surface area contributed by atoms with E-state index in [0.29, 0.717) is 31.7 Å². The van der Waals surface area contributed by atoms with Crippen LogP contribution in [-0.2, 0) is 20.8 Å². The predicted octanol–water partition coefficient (Wildman–Crippen LogP) is 2.32. The number of aromatic nitrogens is 1. The number of pyridine rings is 1. The molecule has 1 saturated heterocycles. The van der Waals surface area contributed by atoms with Gasteiger partial charge in [0.1, 0.15) is 6.61 Å². The molecular weight excluding hydrogens is 487 g/mol. The Labute approximate surface area is 191 Å². The van der Waals surface area contributed by atoms with Gasteiger partial charge in [0.2, 0.25) is 5.88 Å². The zero-order valence-electron chi connectivity index (χ0n) is 17.8. The number of piperidine rings is 1. The van der Waals surface area contributed by atoms with Crippen molar-refractivity contribution in [2.75, 3.05) is 60.8 Å². The highest BCUT2D eigenvalue weighted by Crippen LogP contribution is 2.16. The Kier molecular flexibility index (Phi) is 14.0. The number of ether oxygens (including phenoxy) is 4. The van der Waals surface area contributed by atoms with Crippen molar-refractivity contribution in [2.24, 2.45) is 4.99 Å². The van der Waals surface area contributed by atoms with Gasteiger partial charge in [-0.25, -0.2) is 4.98 Å². The van der Waals surface area contributed by atoms with Crippen molar-refractivity contribution in [3.63, 3.8) is 0 Å². The Morgan fingerprint density at radius 2 is 1.93 bits per heavy atom. The second-order valence-electron chi connectivity index (χ2n) is 6.61. The van der Waals surface area contributed by atoms with E-state index in [-0.39, 0.29) is 24.0 Å². The van der Waals surface area contributed by atoms with E-state index in [9.17, 15) is 0 Å². The third-order valence-electron chi connectivity index (χ3n) is 4.61. The van der Waals surface area contributed by atoms with Crippen molar-refractivity contribution >= 4 is 29.9 Å². The summed E-state index contributed by atoms with van der Waals surface area (Å²) >= 11 is 0. The maximum absolute atomic E-state index is 5.94. The Bertz CT molecular complexity index is 583. The van der Waals surface area contributed by atoms with Gasteiger partial charge < -0.3 is 29.2 Å². The SMILES string of the molecule is CN=C(NCc1cccnc1OCCOC)N1CCC(OCCCOC)CC1.I. The minimum absolute atomic E-state index is 0. The smallest absolute Gasteiger partial charge is 0.218 e. The Balaban J connectivity index is 0.00000420. The molecule has 0 aliphatic carbocycles. The van der Waals surface area contributed by atoms with Crippen molar-refractivity contribution in [1.29, 1.82) is 0 Å². The molecule has 1 aromatic heterocycles. The maximum atomic E-state index is 5.94. The van der Waals surface area contributed by atoms with Gasteiger partial charge in [-0.1, -0.05) is 6.07 Å². The molecule has 0 bridgehead atoms. The summed E-state index contributed by atoms with van der Waals surface area (Å²) in [4.78, 5) is 11.0. The molecular formula is C20H35IN4O4. The Hall–Kier alpha value is -1.17. The van der Waals surface area contributed by atoms with Crippen molar-refractivity contribution < 1.29 is 18.9 Å². The van der Waals surface area contributed by atoms with E-state index in [1.165, 1.54) is 0 Å². The van der Waals surface area contributed by atoms with E-state index in [0.717, 1.165) is 57.1 Å². The fourth-order valence-corrected chi connectivity index (χ4v) is 3.10. The number of guanidine groups is 1. The van der Waals surface area contributed by atoms with Crippen LogP contribution in [-0.4, -0.2) is 82.7 Å². The van der Waals surface area contributed by atoms with E-state index < -0.39 is 0 Å². The van der Waals surface area contributed by atoms with Gasteiger partial charge >= 0.3 is 0 Å². The predicted molar refractivity (Wildman–Crippen MR) is 124 cm³/mol. The standard InChI is InChI=1S/C20H34N4O4.HI/c1-21-20(24-10-7-18(8-11-24)27-13-5-12-25-2)23-16-17-6-4-9-22-19(17)28-15-14-26-3;/h4,6,9,18H,5,7-8,10-16H2,1-3H3,(H,21,23);1H. The summed E-state index contributed by atoms with van der Waals surface area (Å²) in [5.74, 6) is 1.52. The van der Waals surface area contributed by atoms with Crippen molar-refractivity contribution in [2.45, 2.75) is 31.9 Å². The van der Waals surface area contributed by atoms with Crippen LogP contribution in [0.25, 0.3) is 0 Å². The fourth-order valence-electron chi connectivity index (χ4n) is 3.10. The molecule has 1 aliphatic heterocycles. The van der Waals surface area contributed by atoms with Crippen LogP contribution in [0.4, 0.5) is 0 Å². The van der Waals surface area contributed by atoms with E-state index in [1.54, 1.807) is 20.4 Å². The molecule has 0 amide bonds. The molecule has 0 saturated carbocycles. The molecule has 9 heteroatoms. The monoisotopic (exact) mass is 522 g/mol. The largest absolute Gasteiger partial charge is 0.475 e. The van der Waals surface area contributed by atoms with Crippen LogP contribution in [0.2, 0.25) is 0 Å². The topological polar surface area (TPSA) is 77.4 Å². The van der Waals surface area contributed by atoms with Crippen LogP contribution in [0.15, 0.2) is 23.3 Å². The van der Waals surface area contributed by atoms with E-state index in [1.807, 2.05) is 19.2 Å². The average Bonchev–Trinajstić information content (AvgIpc) is 2.74. The zero-order valence-corrected chi connectivity index (χ0v) is 20.1. The van der Waals surface area contributed by atoms with Crippen LogP contribution >= 0.6 is 24.0 Å². The third kappa shape index (κ3) is 9.45. The summed E-state index contributed by atoms with van der Waals surface area (Å²) in [5, 5.41) is 3.43. The minimum Gasteiger partial charge on any atom is -0.475 e. The first-order valence-corrected chi connectivity index (χ1v) is 9.90. The highest BCUT2D eigenvalue weighted by Gasteiger charge is 2.22. The molecule has 1 fully saturated rings. The van der Waals surface area contributed by atoms with Crippen molar-refractivity contribution in [1.82, 2.24) is 15.2 Å². The number of methoxy groups -OCH3 is 2. The molecule has 1 N–H and O–H groups in total. The molecule has 166 valence electrons. The lowest BCUT2D eigenvalue weighted by atomic mass is 10.1.